The smallest absolute Gasteiger partial charge is 0.0343 e. The molecule has 0 aliphatic heterocycles. The van der Waals surface area contributed by atoms with Gasteiger partial charge in [0.25, 0.3) is 0 Å². The summed E-state index contributed by atoms with van der Waals surface area (Å²) in [6, 6.07) is 9.52. The van der Waals surface area contributed by atoms with Crippen LogP contribution in [0.4, 0.5) is 0 Å². The van der Waals surface area contributed by atoms with Crippen molar-refractivity contribution >= 4 is 0 Å². The molecule has 1 aromatic rings. The van der Waals surface area contributed by atoms with Crippen molar-refractivity contribution in [2.75, 3.05) is 7.05 Å². The Bertz CT molecular complexity index is 300. The van der Waals surface area contributed by atoms with Crippen LogP contribution in [0.25, 0.3) is 0 Å². The first-order chi connectivity index (χ1) is 7.60. The van der Waals surface area contributed by atoms with Gasteiger partial charge in [-0.3, -0.25) is 0 Å². The summed E-state index contributed by atoms with van der Waals surface area (Å²) in [6.45, 7) is 9.02. The van der Waals surface area contributed by atoms with E-state index in [-0.39, 0.29) is 0 Å². The van der Waals surface area contributed by atoms with Crippen LogP contribution in [0.1, 0.15) is 57.2 Å². The molecule has 1 aromatic carbocycles. The third-order valence-electron chi connectivity index (χ3n) is 3.49. The molecule has 0 spiro atoms. The predicted molar refractivity (Wildman–Crippen MR) is 71.8 cm³/mol. The van der Waals surface area contributed by atoms with Gasteiger partial charge in [0.05, 0.1) is 0 Å². The van der Waals surface area contributed by atoms with Crippen LogP contribution in [0.5, 0.6) is 0 Å². The van der Waals surface area contributed by atoms with E-state index in [0.717, 1.165) is 0 Å². The van der Waals surface area contributed by atoms with E-state index in [1.807, 2.05) is 7.05 Å². The number of benzene rings is 1. The first kappa shape index (κ1) is 13.2. The summed E-state index contributed by atoms with van der Waals surface area (Å²) in [6.07, 6.45) is 1.21. The van der Waals surface area contributed by atoms with E-state index >= 15 is 0 Å². The molecule has 1 rings (SSSR count). The fourth-order valence-electron chi connectivity index (χ4n) is 2.10. The molecule has 1 heteroatoms. The fourth-order valence-corrected chi connectivity index (χ4v) is 2.10. The van der Waals surface area contributed by atoms with Crippen molar-refractivity contribution in [3.8, 4) is 0 Å². The largest absolute Gasteiger partial charge is 0.313 e. The van der Waals surface area contributed by atoms with Crippen molar-refractivity contribution < 1.29 is 0 Å². The van der Waals surface area contributed by atoms with E-state index in [1.165, 1.54) is 17.5 Å². The SMILES string of the molecule is CCC(C)C(NC)c1ccc(C(C)C)cc1. The summed E-state index contributed by atoms with van der Waals surface area (Å²) in [5.74, 6) is 1.29. The van der Waals surface area contributed by atoms with Gasteiger partial charge in [-0.05, 0) is 30.0 Å². The van der Waals surface area contributed by atoms with Crippen molar-refractivity contribution in [3.05, 3.63) is 35.4 Å². The highest BCUT2D eigenvalue weighted by Crippen LogP contribution is 2.25. The zero-order valence-corrected chi connectivity index (χ0v) is 11.2. The lowest BCUT2D eigenvalue weighted by atomic mass is 9.91. The molecule has 0 amide bonds. The van der Waals surface area contributed by atoms with E-state index < -0.39 is 0 Å². The van der Waals surface area contributed by atoms with Crippen LogP contribution in [-0.4, -0.2) is 7.05 Å². The molecular weight excluding hydrogens is 194 g/mol. The summed E-state index contributed by atoms with van der Waals surface area (Å²) in [4.78, 5) is 0. The van der Waals surface area contributed by atoms with Crippen molar-refractivity contribution in [1.29, 1.82) is 0 Å². The van der Waals surface area contributed by atoms with Crippen molar-refractivity contribution in [2.24, 2.45) is 5.92 Å². The highest BCUT2D eigenvalue weighted by molar-refractivity contribution is 5.27. The minimum atomic E-state index is 0.478. The van der Waals surface area contributed by atoms with Crippen molar-refractivity contribution in [1.82, 2.24) is 5.32 Å². The van der Waals surface area contributed by atoms with E-state index in [9.17, 15) is 0 Å². The van der Waals surface area contributed by atoms with E-state index in [4.69, 9.17) is 0 Å². The number of rotatable bonds is 5. The van der Waals surface area contributed by atoms with E-state index in [2.05, 4.69) is 57.3 Å². The Kier molecular flexibility index (Phi) is 5.01. The molecule has 0 aliphatic rings. The number of hydrogen-bond acceptors (Lipinski definition) is 1. The Hall–Kier alpha value is -0.820. The molecule has 0 saturated heterocycles. The summed E-state index contributed by atoms with van der Waals surface area (Å²) in [7, 11) is 2.05. The second-order valence-electron chi connectivity index (χ2n) is 4.97. The minimum absolute atomic E-state index is 0.478. The van der Waals surface area contributed by atoms with Gasteiger partial charge in [-0.2, -0.15) is 0 Å². The van der Waals surface area contributed by atoms with E-state index in [0.29, 0.717) is 17.9 Å². The maximum atomic E-state index is 3.42. The van der Waals surface area contributed by atoms with Crippen LogP contribution in [0.15, 0.2) is 24.3 Å². The topological polar surface area (TPSA) is 12.0 Å². The molecule has 0 saturated carbocycles. The molecular formula is C15H25N. The zero-order chi connectivity index (χ0) is 12.1. The van der Waals surface area contributed by atoms with Gasteiger partial charge >= 0.3 is 0 Å². The quantitative estimate of drug-likeness (QED) is 0.785. The minimum Gasteiger partial charge on any atom is -0.313 e. The molecule has 0 fully saturated rings. The lowest BCUT2D eigenvalue weighted by Gasteiger charge is -2.23. The third-order valence-corrected chi connectivity index (χ3v) is 3.49. The molecule has 1 N–H and O–H groups in total. The summed E-state index contributed by atoms with van der Waals surface area (Å²) < 4.78 is 0. The van der Waals surface area contributed by atoms with Gasteiger partial charge in [0.15, 0.2) is 0 Å². The Balaban J connectivity index is 2.86. The first-order valence-electron chi connectivity index (χ1n) is 6.37. The molecule has 0 aromatic heterocycles. The van der Waals surface area contributed by atoms with E-state index in [1.54, 1.807) is 0 Å². The Morgan fingerprint density at radius 2 is 1.50 bits per heavy atom. The van der Waals surface area contributed by atoms with Gasteiger partial charge in [-0.1, -0.05) is 58.4 Å². The summed E-state index contributed by atoms with van der Waals surface area (Å²) in [5.41, 5.74) is 2.82. The average Bonchev–Trinajstić information content (AvgIpc) is 2.30. The zero-order valence-electron chi connectivity index (χ0n) is 11.2. The molecule has 1 nitrogen and oxygen atoms in total. The lowest BCUT2D eigenvalue weighted by Crippen LogP contribution is -2.23. The van der Waals surface area contributed by atoms with Gasteiger partial charge < -0.3 is 5.32 Å². The Morgan fingerprint density at radius 1 is 1.00 bits per heavy atom. The Labute approximate surface area is 100 Å². The normalized spacial score (nSPS) is 15.1. The number of nitrogens with one attached hydrogen (secondary N) is 1. The molecule has 90 valence electrons. The van der Waals surface area contributed by atoms with Gasteiger partial charge in [-0.25, -0.2) is 0 Å². The highest BCUT2D eigenvalue weighted by atomic mass is 14.9. The van der Waals surface area contributed by atoms with Crippen LogP contribution < -0.4 is 5.32 Å². The van der Waals surface area contributed by atoms with Crippen LogP contribution in [0, 0.1) is 5.92 Å². The maximum absolute atomic E-state index is 3.42. The molecule has 2 unspecified atom stereocenters. The predicted octanol–water partition coefficient (Wildman–Crippen LogP) is 4.12. The molecule has 0 radical (unpaired) electrons. The van der Waals surface area contributed by atoms with Crippen LogP contribution in [0.2, 0.25) is 0 Å². The van der Waals surface area contributed by atoms with Crippen LogP contribution in [0.3, 0.4) is 0 Å². The summed E-state index contributed by atoms with van der Waals surface area (Å²) in [5, 5.41) is 3.42. The van der Waals surface area contributed by atoms with Gasteiger partial charge in [-0.15, -0.1) is 0 Å². The second kappa shape index (κ2) is 6.05. The van der Waals surface area contributed by atoms with Gasteiger partial charge in [0, 0.05) is 6.04 Å². The summed E-state index contributed by atoms with van der Waals surface area (Å²) >= 11 is 0. The van der Waals surface area contributed by atoms with Gasteiger partial charge in [0.2, 0.25) is 0 Å². The maximum Gasteiger partial charge on any atom is 0.0343 e. The standard InChI is InChI=1S/C15H25N/c1-6-12(4)15(16-5)14-9-7-13(8-10-14)11(2)3/h7-12,15-16H,6H2,1-5H3. The molecule has 2 atom stereocenters. The third kappa shape index (κ3) is 3.08. The molecule has 0 aliphatic carbocycles. The van der Waals surface area contributed by atoms with Crippen LogP contribution in [-0.2, 0) is 0 Å². The fraction of sp³-hybridized carbons (Fsp3) is 0.600. The second-order valence-corrected chi connectivity index (χ2v) is 4.97. The molecule has 16 heavy (non-hydrogen) atoms. The molecule has 0 heterocycles. The van der Waals surface area contributed by atoms with Gasteiger partial charge in [0.1, 0.15) is 0 Å². The van der Waals surface area contributed by atoms with Crippen molar-refractivity contribution in [2.45, 2.75) is 46.1 Å². The monoisotopic (exact) mass is 219 g/mol. The Morgan fingerprint density at radius 3 is 1.88 bits per heavy atom. The first-order valence-corrected chi connectivity index (χ1v) is 6.37. The van der Waals surface area contributed by atoms with Crippen molar-refractivity contribution in [3.63, 3.8) is 0 Å². The number of hydrogen-bond donors (Lipinski definition) is 1. The molecule has 0 bridgehead atoms. The average molecular weight is 219 g/mol. The van der Waals surface area contributed by atoms with Crippen LogP contribution >= 0.6 is 0 Å². The lowest BCUT2D eigenvalue weighted by molar-refractivity contribution is 0.400. The highest BCUT2D eigenvalue weighted by Gasteiger charge is 2.15.